The topological polar surface area (TPSA) is 9.23 Å². The second-order valence-electron chi connectivity index (χ2n) is 11.4. The standard InChI is InChI=1S/C36H29F9O/c1-2-3-4-5-20-6-8-21(9-7-20)23-15-30(39)34(31(40)16-23)36(44,45)46-25-11-13-26(29(38)19-25)22-10-12-27(28(37)14-22)24-17-32(41)35(43)33(42)18-24/h2-3,10-21H,4-9H2,1H3. The van der Waals surface area contributed by atoms with Crippen LogP contribution in [-0.4, -0.2) is 0 Å². The fourth-order valence-corrected chi connectivity index (χ4v) is 6.01. The van der Waals surface area contributed by atoms with Gasteiger partial charge in [0.25, 0.3) is 0 Å². The van der Waals surface area contributed by atoms with E-state index in [1.807, 2.05) is 13.0 Å². The third kappa shape index (κ3) is 7.11. The van der Waals surface area contributed by atoms with Crippen LogP contribution in [0.15, 0.2) is 72.8 Å². The zero-order chi connectivity index (χ0) is 33.2. The molecule has 0 N–H and O–H groups in total. The lowest BCUT2D eigenvalue weighted by Gasteiger charge is -2.29. The van der Waals surface area contributed by atoms with Gasteiger partial charge in [-0.25, -0.2) is 30.7 Å². The van der Waals surface area contributed by atoms with Gasteiger partial charge in [-0.2, -0.15) is 8.78 Å². The number of alkyl halides is 2. The molecule has 0 heterocycles. The summed E-state index contributed by atoms with van der Waals surface area (Å²) in [5, 5.41) is 0. The predicted octanol–water partition coefficient (Wildman–Crippen LogP) is 11.8. The number of ether oxygens (including phenoxy) is 1. The molecule has 10 heteroatoms. The molecule has 1 nitrogen and oxygen atoms in total. The van der Waals surface area contributed by atoms with Crippen molar-refractivity contribution in [2.75, 3.05) is 0 Å². The Morgan fingerprint density at radius 1 is 0.674 bits per heavy atom. The molecule has 1 aliphatic carbocycles. The fraction of sp³-hybridized carbons (Fsp3) is 0.278. The molecule has 0 spiro atoms. The van der Waals surface area contributed by atoms with Crippen molar-refractivity contribution in [1.82, 2.24) is 0 Å². The molecular formula is C36H29F9O. The van der Waals surface area contributed by atoms with Crippen molar-refractivity contribution >= 4 is 0 Å². The lowest BCUT2D eigenvalue weighted by molar-refractivity contribution is -0.189. The van der Waals surface area contributed by atoms with Gasteiger partial charge in [0.05, 0.1) is 0 Å². The van der Waals surface area contributed by atoms with Crippen molar-refractivity contribution < 1.29 is 44.3 Å². The maximum Gasteiger partial charge on any atom is 0.432 e. The molecule has 1 saturated carbocycles. The first-order valence-electron chi connectivity index (χ1n) is 14.8. The van der Waals surface area contributed by atoms with E-state index < -0.39 is 58.1 Å². The maximum absolute atomic E-state index is 15.1. The third-order valence-electron chi connectivity index (χ3n) is 8.41. The monoisotopic (exact) mass is 648 g/mol. The highest BCUT2D eigenvalue weighted by Gasteiger charge is 2.42. The smallest absolute Gasteiger partial charge is 0.429 e. The molecule has 0 aliphatic heterocycles. The molecule has 46 heavy (non-hydrogen) atoms. The summed E-state index contributed by atoms with van der Waals surface area (Å²) in [6.45, 7) is 1.95. The van der Waals surface area contributed by atoms with E-state index in [1.165, 1.54) is 6.07 Å². The van der Waals surface area contributed by atoms with Crippen molar-refractivity contribution in [3.05, 3.63) is 125 Å². The molecule has 0 atom stereocenters. The van der Waals surface area contributed by atoms with Crippen LogP contribution in [0.3, 0.4) is 0 Å². The Hall–Kier alpha value is -4.21. The maximum atomic E-state index is 15.1. The fourth-order valence-electron chi connectivity index (χ4n) is 6.01. The van der Waals surface area contributed by atoms with Crippen molar-refractivity contribution in [1.29, 1.82) is 0 Å². The zero-order valence-corrected chi connectivity index (χ0v) is 24.6. The second kappa shape index (κ2) is 13.6. The average molecular weight is 649 g/mol. The SMILES string of the molecule is CC=CCCC1CCC(c2cc(F)c(C(F)(F)Oc3ccc(-c4ccc(-c5cc(F)c(F)c(F)c5)c(F)c4)c(F)c3)c(F)c2)CC1. The molecule has 5 rings (SSSR count). The Morgan fingerprint density at radius 2 is 1.24 bits per heavy atom. The quantitative estimate of drug-likeness (QED) is 0.0997. The van der Waals surface area contributed by atoms with Gasteiger partial charge < -0.3 is 4.74 Å². The zero-order valence-electron chi connectivity index (χ0n) is 24.6. The van der Waals surface area contributed by atoms with E-state index in [-0.39, 0.29) is 28.2 Å². The molecule has 0 unspecified atom stereocenters. The van der Waals surface area contributed by atoms with Crippen molar-refractivity contribution in [3.8, 4) is 28.0 Å². The van der Waals surface area contributed by atoms with Crippen LogP contribution < -0.4 is 4.74 Å². The largest absolute Gasteiger partial charge is 0.432 e. The van der Waals surface area contributed by atoms with Crippen LogP contribution >= 0.6 is 0 Å². The van der Waals surface area contributed by atoms with Crippen molar-refractivity contribution in [2.24, 2.45) is 5.92 Å². The molecule has 0 aromatic heterocycles. The highest BCUT2D eigenvalue weighted by molar-refractivity contribution is 5.72. The summed E-state index contributed by atoms with van der Waals surface area (Å²) in [4.78, 5) is 0. The Labute approximate surface area is 260 Å². The Balaban J connectivity index is 1.31. The first-order chi connectivity index (χ1) is 21.9. The van der Waals surface area contributed by atoms with E-state index in [9.17, 15) is 26.3 Å². The number of rotatable bonds is 9. The first kappa shape index (κ1) is 33.2. The summed E-state index contributed by atoms with van der Waals surface area (Å²) in [5.41, 5.74) is -2.24. The molecule has 0 bridgehead atoms. The van der Waals surface area contributed by atoms with Crippen LogP contribution in [-0.2, 0) is 6.11 Å². The van der Waals surface area contributed by atoms with Crippen LogP contribution in [0.4, 0.5) is 39.5 Å². The molecule has 0 radical (unpaired) electrons. The summed E-state index contributed by atoms with van der Waals surface area (Å²) < 4.78 is 135. The first-order valence-corrected chi connectivity index (χ1v) is 14.8. The number of hydrogen-bond acceptors (Lipinski definition) is 1. The van der Waals surface area contributed by atoms with E-state index >= 15 is 13.2 Å². The van der Waals surface area contributed by atoms with E-state index in [4.69, 9.17) is 0 Å². The van der Waals surface area contributed by atoms with Crippen LogP contribution in [0.2, 0.25) is 0 Å². The summed E-state index contributed by atoms with van der Waals surface area (Å²) in [5.74, 6) is -10.3. The average Bonchev–Trinajstić information content (AvgIpc) is 2.99. The van der Waals surface area contributed by atoms with E-state index in [2.05, 4.69) is 10.8 Å². The third-order valence-corrected chi connectivity index (χ3v) is 8.41. The molecular weight excluding hydrogens is 619 g/mol. The summed E-state index contributed by atoms with van der Waals surface area (Å²) in [7, 11) is 0. The molecule has 242 valence electrons. The van der Waals surface area contributed by atoms with Crippen LogP contribution in [0.5, 0.6) is 5.75 Å². The van der Waals surface area contributed by atoms with Gasteiger partial charge in [-0.3, -0.25) is 0 Å². The number of benzene rings is 4. The molecule has 1 aliphatic rings. The Morgan fingerprint density at radius 3 is 1.83 bits per heavy atom. The predicted molar refractivity (Wildman–Crippen MR) is 157 cm³/mol. The number of halogens is 9. The minimum absolute atomic E-state index is 0.0698. The summed E-state index contributed by atoms with van der Waals surface area (Å²) >= 11 is 0. The van der Waals surface area contributed by atoms with Crippen molar-refractivity contribution in [3.63, 3.8) is 0 Å². The minimum atomic E-state index is -4.50. The normalized spacial score (nSPS) is 17.1. The van der Waals surface area contributed by atoms with Gasteiger partial charge in [0.1, 0.15) is 34.6 Å². The lowest BCUT2D eigenvalue weighted by atomic mass is 9.77. The van der Waals surface area contributed by atoms with Crippen LogP contribution in [0, 0.1) is 46.6 Å². The van der Waals surface area contributed by atoms with E-state index in [1.54, 1.807) is 0 Å². The van der Waals surface area contributed by atoms with Gasteiger partial charge in [0.2, 0.25) is 0 Å². The minimum Gasteiger partial charge on any atom is -0.429 e. The van der Waals surface area contributed by atoms with Gasteiger partial charge in [-0.05, 0) is 116 Å². The van der Waals surface area contributed by atoms with Crippen LogP contribution in [0.1, 0.15) is 62.5 Å². The van der Waals surface area contributed by atoms with Crippen molar-refractivity contribution in [2.45, 2.75) is 57.5 Å². The van der Waals surface area contributed by atoms with E-state index in [0.717, 1.165) is 62.1 Å². The summed E-state index contributed by atoms with van der Waals surface area (Å²) in [6, 6.07) is 8.59. The number of hydrogen-bond donors (Lipinski definition) is 0. The van der Waals surface area contributed by atoms with Gasteiger partial charge in [0, 0.05) is 17.2 Å². The Kier molecular flexibility index (Phi) is 9.84. The summed E-state index contributed by atoms with van der Waals surface area (Å²) in [6.07, 6.45) is 4.68. The van der Waals surface area contributed by atoms with E-state index in [0.29, 0.717) is 42.5 Å². The highest BCUT2D eigenvalue weighted by atomic mass is 19.3. The van der Waals surface area contributed by atoms with Gasteiger partial charge in [0.15, 0.2) is 17.5 Å². The number of allylic oxidation sites excluding steroid dienone is 2. The molecule has 1 fully saturated rings. The van der Waals surface area contributed by atoms with Gasteiger partial charge in [-0.15, -0.1) is 0 Å². The molecule has 4 aromatic rings. The van der Waals surface area contributed by atoms with Crippen LogP contribution in [0.25, 0.3) is 22.3 Å². The second-order valence-corrected chi connectivity index (χ2v) is 11.4. The van der Waals surface area contributed by atoms with Gasteiger partial charge in [-0.1, -0.05) is 24.3 Å². The highest BCUT2D eigenvalue weighted by Crippen LogP contribution is 2.41. The molecule has 0 amide bonds. The Bertz CT molecular complexity index is 1710. The lowest BCUT2D eigenvalue weighted by Crippen LogP contribution is -2.25. The molecule has 0 saturated heterocycles. The van der Waals surface area contributed by atoms with Gasteiger partial charge >= 0.3 is 6.11 Å². The molecule has 4 aromatic carbocycles.